The second kappa shape index (κ2) is 8.94. The fourth-order valence-corrected chi connectivity index (χ4v) is 5.33. The van der Waals surface area contributed by atoms with Gasteiger partial charge >= 0.3 is 7.60 Å². The van der Waals surface area contributed by atoms with E-state index in [-0.39, 0.29) is 0 Å². The summed E-state index contributed by atoms with van der Waals surface area (Å²) in [6.07, 6.45) is 4.08. The topological polar surface area (TPSA) is 122 Å². The van der Waals surface area contributed by atoms with Crippen molar-refractivity contribution < 1.29 is 19.1 Å². The zero-order chi connectivity index (χ0) is 23.6. The van der Waals surface area contributed by atoms with Crippen molar-refractivity contribution in [1.29, 1.82) is 0 Å². The van der Waals surface area contributed by atoms with Gasteiger partial charge < -0.3 is 19.8 Å². The van der Waals surface area contributed by atoms with Crippen LogP contribution in [0.5, 0.6) is 5.75 Å². The molecular weight excluding hydrogens is 441 g/mol. The third-order valence-corrected chi connectivity index (χ3v) is 8.04. The van der Waals surface area contributed by atoms with Crippen LogP contribution in [0, 0.1) is 0 Å². The largest absolute Gasteiger partial charge is 0.497 e. The monoisotopic (exact) mass is 467 g/mol. The summed E-state index contributed by atoms with van der Waals surface area (Å²) in [7, 11) is -2.72. The Morgan fingerprint density at radius 3 is 2.27 bits per heavy atom. The number of benzene rings is 2. The molecule has 0 fully saturated rings. The van der Waals surface area contributed by atoms with Crippen LogP contribution in [0.25, 0.3) is 16.7 Å². The van der Waals surface area contributed by atoms with E-state index >= 15 is 0 Å². The van der Waals surface area contributed by atoms with Gasteiger partial charge in [0.1, 0.15) is 5.75 Å². The van der Waals surface area contributed by atoms with Crippen molar-refractivity contribution in [3.05, 3.63) is 66.5 Å². The van der Waals surface area contributed by atoms with E-state index in [1.54, 1.807) is 62.3 Å². The summed E-state index contributed by atoms with van der Waals surface area (Å²) in [5.41, 5.74) is 2.81. The van der Waals surface area contributed by atoms with Crippen molar-refractivity contribution in [1.82, 2.24) is 19.7 Å². The minimum atomic E-state index is -4.33. The van der Waals surface area contributed by atoms with Crippen molar-refractivity contribution >= 4 is 30.3 Å². The van der Waals surface area contributed by atoms with Gasteiger partial charge in [-0.15, -0.1) is 0 Å². The Labute approximate surface area is 191 Å². The molecule has 2 heterocycles. The molecule has 3 N–H and O–H groups in total. The summed E-state index contributed by atoms with van der Waals surface area (Å²) >= 11 is 0. The van der Waals surface area contributed by atoms with Crippen LogP contribution in [0.4, 0.5) is 11.6 Å². The second-order valence-corrected chi connectivity index (χ2v) is 9.66. The molecule has 0 bridgehead atoms. The first kappa shape index (κ1) is 22.9. The fourth-order valence-electron chi connectivity index (χ4n) is 4.02. The summed E-state index contributed by atoms with van der Waals surface area (Å²) in [5, 5.41) is 7.19. The summed E-state index contributed by atoms with van der Waals surface area (Å²) in [6, 6.07) is 14.5. The molecule has 10 heteroatoms. The molecule has 0 aliphatic carbocycles. The maximum Gasteiger partial charge on any atom is 0.335 e. The molecule has 0 aliphatic heterocycles. The van der Waals surface area contributed by atoms with Gasteiger partial charge in [0.25, 0.3) is 0 Å². The van der Waals surface area contributed by atoms with E-state index in [4.69, 9.17) is 4.74 Å². The van der Waals surface area contributed by atoms with Gasteiger partial charge in [-0.1, -0.05) is 26.0 Å². The molecule has 0 amide bonds. The van der Waals surface area contributed by atoms with Crippen LogP contribution in [0.1, 0.15) is 32.3 Å². The number of nitrogens with zero attached hydrogens (tertiary/aromatic N) is 4. The molecule has 0 aliphatic rings. The number of hydrogen-bond donors (Lipinski definition) is 3. The molecule has 4 aromatic rings. The third kappa shape index (κ3) is 4.23. The van der Waals surface area contributed by atoms with Gasteiger partial charge in [-0.2, -0.15) is 10.1 Å². The van der Waals surface area contributed by atoms with Crippen molar-refractivity contribution in [2.24, 2.45) is 0 Å². The quantitative estimate of drug-likeness (QED) is 0.317. The van der Waals surface area contributed by atoms with Crippen LogP contribution >= 0.6 is 7.60 Å². The van der Waals surface area contributed by atoms with E-state index in [9.17, 15) is 14.4 Å². The van der Waals surface area contributed by atoms with E-state index in [2.05, 4.69) is 20.4 Å². The van der Waals surface area contributed by atoms with Gasteiger partial charge in [-0.3, -0.25) is 4.57 Å². The molecular formula is C23H26N5O4P. The number of fused-ring (bicyclic) bond motifs is 1. The number of methoxy groups -OCH3 is 1. The molecule has 0 unspecified atom stereocenters. The van der Waals surface area contributed by atoms with Gasteiger partial charge in [0, 0.05) is 11.9 Å². The van der Waals surface area contributed by atoms with Gasteiger partial charge in [0.15, 0.2) is 5.65 Å². The van der Waals surface area contributed by atoms with Gasteiger partial charge in [-0.05, 0) is 54.8 Å². The molecule has 0 atom stereocenters. The number of anilines is 2. The average molecular weight is 467 g/mol. The molecule has 0 saturated heterocycles. The Morgan fingerprint density at radius 1 is 1.03 bits per heavy atom. The minimum Gasteiger partial charge on any atom is -0.497 e. The first-order valence-corrected chi connectivity index (χ1v) is 12.2. The number of aromatic nitrogens is 4. The summed E-state index contributed by atoms with van der Waals surface area (Å²) in [4.78, 5) is 28.9. The zero-order valence-electron chi connectivity index (χ0n) is 18.6. The van der Waals surface area contributed by atoms with Crippen LogP contribution in [-0.4, -0.2) is 36.6 Å². The van der Waals surface area contributed by atoms with Gasteiger partial charge in [0.2, 0.25) is 5.95 Å². The highest BCUT2D eigenvalue weighted by Gasteiger charge is 2.45. The maximum atomic E-state index is 12.2. The van der Waals surface area contributed by atoms with Crippen LogP contribution in [0.3, 0.4) is 0 Å². The van der Waals surface area contributed by atoms with E-state index in [0.717, 1.165) is 16.8 Å². The van der Waals surface area contributed by atoms with E-state index in [1.807, 2.05) is 24.3 Å². The average Bonchev–Trinajstić information content (AvgIpc) is 3.24. The Hall–Kier alpha value is -3.26. The number of ether oxygens (including phenoxy) is 1. The van der Waals surface area contributed by atoms with E-state index in [1.165, 1.54) is 0 Å². The minimum absolute atomic E-state index is 0.343. The Balaban J connectivity index is 1.62. The lowest BCUT2D eigenvalue weighted by Gasteiger charge is -2.33. The molecule has 4 rings (SSSR count). The third-order valence-electron chi connectivity index (χ3n) is 6.03. The molecule has 33 heavy (non-hydrogen) atoms. The van der Waals surface area contributed by atoms with Crippen molar-refractivity contribution in [2.45, 2.75) is 31.8 Å². The molecule has 2 aromatic carbocycles. The van der Waals surface area contributed by atoms with Gasteiger partial charge in [0.05, 0.1) is 29.5 Å². The van der Waals surface area contributed by atoms with Crippen molar-refractivity contribution in [3.63, 3.8) is 0 Å². The van der Waals surface area contributed by atoms with Crippen LogP contribution in [0.2, 0.25) is 0 Å². The molecule has 0 spiro atoms. The van der Waals surface area contributed by atoms with Crippen molar-refractivity contribution in [2.75, 3.05) is 12.4 Å². The molecule has 9 nitrogen and oxygen atoms in total. The van der Waals surface area contributed by atoms with Crippen LogP contribution in [0.15, 0.2) is 60.9 Å². The van der Waals surface area contributed by atoms with Gasteiger partial charge in [-0.25, -0.2) is 9.67 Å². The van der Waals surface area contributed by atoms with Crippen LogP contribution in [-0.2, 0) is 9.72 Å². The molecule has 2 aromatic heterocycles. The number of nitrogens with one attached hydrogen (secondary N) is 1. The SMILES string of the molecule is CCC(CC)(c1ccc(Nc2ncc3cnn(-c4ccc(OC)cc4)c3n2)cc1)P(=O)(O)O. The number of rotatable bonds is 8. The van der Waals surface area contributed by atoms with E-state index in [0.29, 0.717) is 35.7 Å². The summed E-state index contributed by atoms with van der Waals surface area (Å²) in [6.45, 7) is 3.59. The number of hydrogen-bond acceptors (Lipinski definition) is 6. The lowest BCUT2D eigenvalue weighted by atomic mass is 9.92. The lowest BCUT2D eigenvalue weighted by molar-refractivity contribution is 0.315. The standard InChI is InChI=1S/C23H26N5O4P/c1-4-23(5-2,33(29,30)31)17-6-8-18(9-7-17)26-22-24-14-16-15-25-28(21(16)27-22)19-10-12-20(32-3)13-11-19/h6-15H,4-5H2,1-3H3,(H,24,26,27)(H2,29,30,31). The highest BCUT2D eigenvalue weighted by molar-refractivity contribution is 7.53. The molecule has 0 saturated carbocycles. The Kier molecular flexibility index (Phi) is 6.21. The predicted octanol–water partition coefficient (Wildman–Crippen LogP) is 4.76. The molecule has 172 valence electrons. The zero-order valence-corrected chi connectivity index (χ0v) is 19.5. The highest BCUT2D eigenvalue weighted by atomic mass is 31.2. The Morgan fingerprint density at radius 2 is 1.70 bits per heavy atom. The smallest absolute Gasteiger partial charge is 0.335 e. The van der Waals surface area contributed by atoms with Crippen LogP contribution < -0.4 is 10.1 Å². The summed E-state index contributed by atoms with van der Waals surface area (Å²) < 4.78 is 19.2. The fraction of sp³-hybridized carbons (Fsp3) is 0.261. The Bertz CT molecular complexity index is 1290. The summed E-state index contributed by atoms with van der Waals surface area (Å²) in [5.74, 6) is 1.14. The van der Waals surface area contributed by atoms with E-state index < -0.39 is 12.8 Å². The van der Waals surface area contributed by atoms with Crippen molar-refractivity contribution in [3.8, 4) is 11.4 Å². The molecule has 0 radical (unpaired) electrons. The second-order valence-electron chi connectivity index (χ2n) is 7.71. The predicted molar refractivity (Wildman–Crippen MR) is 127 cm³/mol. The normalized spacial score (nSPS) is 12.2. The lowest BCUT2D eigenvalue weighted by Crippen LogP contribution is -2.24. The first-order valence-electron chi connectivity index (χ1n) is 10.6. The first-order chi connectivity index (χ1) is 15.8. The maximum absolute atomic E-state index is 12.2. The highest BCUT2D eigenvalue weighted by Crippen LogP contribution is 2.60.